The molecule has 25 heavy (non-hydrogen) atoms. The number of anilines is 1. The van der Waals surface area contributed by atoms with Crippen LogP contribution in [0.4, 0.5) is 14.9 Å². The van der Waals surface area contributed by atoms with Crippen molar-refractivity contribution in [3.8, 4) is 10.6 Å². The van der Waals surface area contributed by atoms with E-state index in [1.54, 1.807) is 11.0 Å². The van der Waals surface area contributed by atoms with E-state index in [1.165, 1.54) is 23.5 Å². The van der Waals surface area contributed by atoms with E-state index in [0.717, 1.165) is 29.7 Å². The average molecular weight is 355 g/mol. The third-order valence-corrected chi connectivity index (χ3v) is 5.53. The molecule has 1 aromatic heterocycles. The number of urea groups is 1. The van der Waals surface area contributed by atoms with Crippen LogP contribution in [0.15, 0.2) is 42.5 Å². The second kappa shape index (κ2) is 6.44. The Balaban J connectivity index is 1.68. The van der Waals surface area contributed by atoms with Gasteiger partial charge >= 0.3 is 6.03 Å². The van der Waals surface area contributed by atoms with Gasteiger partial charge in [-0.15, -0.1) is 11.3 Å². The molecule has 0 radical (unpaired) electrons. The van der Waals surface area contributed by atoms with Crippen molar-refractivity contribution in [2.24, 2.45) is 5.92 Å². The molecule has 1 aliphatic heterocycles. The number of rotatable bonds is 2. The molecule has 2 aromatic carbocycles. The Labute approximate surface area is 149 Å². The largest absolute Gasteiger partial charge is 0.324 e. The molecule has 1 aliphatic rings. The molecule has 3 aromatic rings. The number of para-hydroxylation sites is 1. The van der Waals surface area contributed by atoms with Crippen LogP contribution in [-0.4, -0.2) is 29.0 Å². The van der Waals surface area contributed by atoms with Crippen molar-refractivity contribution in [1.29, 1.82) is 0 Å². The summed E-state index contributed by atoms with van der Waals surface area (Å²) < 4.78 is 14.9. The van der Waals surface area contributed by atoms with Gasteiger partial charge in [-0.05, 0) is 42.7 Å². The Morgan fingerprint density at radius 2 is 2.16 bits per heavy atom. The predicted octanol–water partition coefficient (Wildman–Crippen LogP) is 4.98. The molecule has 4 rings (SSSR count). The summed E-state index contributed by atoms with van der Waals surface area (Å²) >= 11 is 1.49. The Kier molecular flexibility index (Phi) is 4.13. The van der Waals surface area contributed by atoms with Crippen LogP contribution in [-0.2, 0) is 0 Å². The zero-order valence-corrected chi connectivity index (χ0v) is 14.6. The van der Waals surface area contributed by atoms with E-state index in [2.05, 4.69) is 17.2 Å². The van der Waals surface area contributed by atoms with Crippen LogP contribution < -0.4 is 5.32 Å². The van der Waals surface area contributed by atoms with E-state index >= 15 is 0 Å². The Morgan fingerprint density at radius 3 is 2.92 bits per heavy atom. The maximum atomic E-state index is 13.8. The third kappa shape index (κ3) is 3.22. The topological polar surface area (TPSA) is 45.2 Å². The molecule has 1 N–H and O–H groups in total. The first-order valence-corrected chi connectivity index (χ1v) is 9.13. The highest BCUT2D eigenvalue weighted by Gasteiger charge is 2.24. The van der Waals surface area contributed by atoms with Gasteiger partial charge in [0.05, 0.1) is 15.9 Å². The average Bonchev–Trinajstić information content (AvgIpc) is 3.22. The minimum Gasteiger partial charge on any atom is -0.324 e. The lowest BCUT2D eigenvalue weighted by molar-refractivity contribution is 0.221. The molecule has 0 spiro atoms. The molecule has 0 saturated carbocycles. The SMILES string of the molecule is CC1CCN(C(=O)Nc2ccc(F)cc2-c2nc3ccccc3s2)C1. The number of carbonyl (C=O) groups is 1. The molecule has 1 unspecified atom stereocenters. The number of hydrogen-bond donors (Lipinski definition) is 1. The molecular formula is C19H18FN3OS. The number of aromatic nitrogens is 1. The summed E-state index contributed by atoms with van der Waals surface area (Å²) in [5, 5.41) is 3.63. The summed E-state index contributed by atoms with van der Waals surface area (Å²) in [6.45, 7) is 3.64. The van der Waals surface area contributed by atoms with Gasteiger partial charge in [0, 0.05) is 18.7 Å². The molecule has 0 aliphatic carbocycles. The van der Waals surface area contributed by atoms with E-state index in [1.807, 2.05) is 24.3 Å². The van der Waals surface area contributed by atoms with Gasteiger partial charge < -0.3 is 10.2 Å². The molecule has 4 nitrogen and oxygen atoms in total. The van der Waals surface area contributed by atoms with Gasteiger partial charge in [0.15, 0.2) is 0 Å². The number of thiazole rings is 1. The van der Waals surface area contributed by atoms with Gasteiger partial charge in [0.1, 0.15) is 10.8 Å². The van der Waals surface area contributed by atoms with Crippen molar-refractivity contribution in [1.82, 2.24) is 9.88 Å². The smallest absolute Gasteiger partial charge is 0.321 e. The van der Waals surface area contributed by atoms with Crippen molar-refractivity contribution in [2.45, 2.75) is 13.3 Å². The minimum absolute atomic E-state index is 0.140. The first-order valence-electron chi connectivity index (χ1n) is 8.31. The molecule has 1 saturated heterocycles. The normalized spacial score (nSPS) is 17.2. The number of benzene rings is 2. The maximum Gasteiger partial charge on any atom is 0.321 e. The highest BCUT2D eigenvalue weighted by atomic mass is 32.1. The number of amides is 2. The molecule has 1 fully saturated rings. The number of nitrogens with zero attached hydrogens (tertiary/aromatic N) is 2. The van der Waals surface area contributed by atoms with Crippen molar-refractivity contribution < 1.29 is 9.18 Å². The van der Waals surface area contributed by atoms with Crippen LogP contribution in [0.1, 0.15) is 13.3 Å². The minimum atomic E-state index is -0.345. The quantitative estimate of drug-likeness (QED) is 0.705. The molecule has 1 atom stereocenters. The van der Waals surface area contributed by atoms with Crippen LogP contribution in [0.3, 0.4) is 0 Å². The van der Waals surface area contributed by atoms with Gasteiger partial charge in [-0.3, -0.25) is 0 Å². The summed E-state index contributed by atoms with van der Waals surface area (Å²) in [7, 11) is 0. The number of carbonyl (C=O) groups excluding carboxylic acids is 1. The van der Waals surface area contributed by atoms with Crippen LogP contribution in [0.2, 0.25) is 0 Å². The highest BCUT2D eigenvalue weighted by molar-refractivity contribution is 7.21. The summed E-state index contributed by atoms with van der Waals surface area (Å²) in [5.41, 5.74) is 2.07. The molecule has 2 heterocycles. The summed E-state index contributed by atoms with van der Waals surface area (Å²) in [6.07, 6.45) is 1.02. The lowest BCUT2D eigenvalue weighted by atomic mass is 10.2. The number of halogens is 1. The number of hydrogen-bond acceptors (Lipinski definition) is 3. The third-order valence-electron chi connectivity index (χ3n) is 4.46. The van der Waals surface area contributed by atoms with Crippen LogP contribution >= 0.6 is 11.3 Å². The van der Waals surface area contributed by atoms with Gasteiger partial charge in [-0.2, -0.15) is 0 Å². The van der Waals surface area contributed by atoms with E-state index in [0.29, 0.717) is 22.2 Å². The van der Waals surface area contributed by atoms with E-state index in [-0.39, 0.29) is 11.8 Å². The molecular weight excluding hydrogens is 337 g/mol. The monoisotopic (exact) mass is 355 g/mol. The van der Waals surface area contributed by atoms with Crippen LogP contribution in [0.5, 0.6) is 0 Å². The Hall–Kier alpha value is -2.47. The Bertz CT molecular complexity index is 906. The second-order valence-electron chi connectivity index (χ2n) is 6.45. The second-order valence-corrected chi connectivity index (χ2v) is 7.48. The number of likely N-dealkylation sites (tertiary alicyclic amines) is 1. The van der Waals surface area contributed by atoms with Gasteiger partial charge in [0.25, 0.3) is 0 Å². The fourth-order valence-corrected chi connectivity index (χ4v) is 4.10. The molecule has 0 bridgehead atoms. The summed E-state index contributed by atoms with van der Waals surface area (Å²) in [4.78, 5) is 18.9. The fraction of sp³-hybridized carbons (Fsp3) is 0.263. The van der Waals surface area contributed by atoms with Crippen molar-refractivity contribution in [2.75, 3.05) is 18.4 Å². The standard InChI is InChI=1S/C19H18FN3OS/c1-12-8-9-23(11-12)19(24)22-15-7-6-13(20)10-14(15)18-21-16-4-2-3-5-17(16)25-18/h2-7,10,12H,8-9,11H2,1H3,(H,22,24). The highest BCUT2D eigenvalue weighted by Crippen LogP contribution is 2.35. The molecule has 128 valence electrons. The predicted molar refractivity (Wildman–Crippen MR) is 99.4 cm³/mol. The molecule has 6 heteroatoms. The zero-order chi connectivity index (χ0) is 17.4. The van der Waals surface area contributed by atoms with E-state index in [4.69, 9.17) is 0 Å². The summed E-state index contributed by atoms with van der Waals surface area (Å²) in [5.74, 6) is 0.171. The van der Waals surface area contributed by atoms with Gasteiger partial charge in [-0.1, -0.05) is 19.1 Å². The number of nitrogens with one attached hydrogen (secondary N) is 1. The zero-order valence-electron chi connectivity index (χ0n) is 13.8. The van der Waals surface area contributed by atoms with Gasteiger partial charge in [-0.25, -0.2) is 14.2 Å². The first kappa shape index (κ1) is 16.0. The first-order chi connectivity index (χ1) is 12.1. The van der Waals surface area contributed by atoms with Crippen molar-refractivity contribution in [3.63, 3.8) is 0 Å². The van der Waals surface area contributed by atoms with Gasteiger partial charge in [0.2, 0.25) is 0 Å². The van der Waals surface area contributed by atoms with Crippen LogP contribution in [0.25, 0.3) is 20.8 Å². The van der Waals surface area contributed by atoms with Crippen molar-refractivity contribution >= 4 is 33.3 Å². The lowest BCUT2D eigenvalue weighted by Gasteiger charge is -2.18. The number of fused-ring (bicyclic) bond motifs is 1. The fourth-order valence-electron chi connectivity index (χ4n) is 3.10. The lowest BCUT2D eigenvalue weighted by Crippen LogP contribution is -2.32. The van der Waals surface area contributed by atoms with Crippen molar-refractivity contribution in [3.05, 3.63) is 48.3 Å². The maximum absolute atomic E-state index is 13.8. The van der Waals surface area contributed by atoms with E-state index in [9.17, 15) is 9.18 Å². The Morgan fingerprint density at radius 1 is 1.32 bits per heavy atom. The van der Waals surface area contributed by atoms with Crippen LogP contribution in [0, 0.1) is 11.7 Å². The summed E-state index contributed by atoms with van der Waals surface area (Å²) in [6, 6.07) is 12.0. The molecule has 2 amide bonds. The van der Waals surface area contributed by atoms with E-state index < -0.39 is 0 Å².